The molecule has 0 aromatic rings. The zero-order chi connectivity index (χ0) is 21.5. The summed E-state index contributed by atoms with van der Waals surface area (Å²) in [6.07, 6.45) is -2.50. The summed E-state index contributed by atoms with van der Waals surface area (Å²) in [5.41, 5.74) is 0. The summed E-state index contributed by atoms with van der Waals surface area (Å²) in [5.74, 6) is 0. The second-order valence-corrected chi connectivity index (χ2v) is 6.29. The normalized spacial score (nSPS) is 8.64. The van der Waals surface area contributed by atoms with Gasteiger partial charge in [0.05, 0.1) is 0 Å². The van der Waals surface area contributed by atoms with Gasteiger partial charge in [-0.05, 0) is 0 Å². The maximum absolute atomic E-state index is 9.53. The molecule has 0 amide bonds. The SMILES string of the molecule is CC(C)[O-].CC(C)[O-].CC(C)[O-].CC(C)[O-].CC(C)[O-].CC(C)[O-].[Hf]. The third kappa shape index (κ3) is 31800. The molecular weight excluding hydrogens is 491 g/mol. The first-order chi connectivity index (χ1) is 10.4. The van der Waals surface area contributed by atoms with E-state index in [1.807, 2.05) is 0 Å². The number of hydrogen-bond acceptors (Lipinski definition) is 6. The fourth-order valence-corrected chi connectivity index (χ4v) is 0. The van der Waals surface area contributed by atoms with Crippen LogP contribution in [0.25, 0.3) is 0 Å². The summed E-state index contributed by atoms with van der Waals surface area (Å²) in [4.78, 5) is 0. The van der Waals surface area contributed by atoms with Crippen molar-refractivity contribution in [2.24, 2.45) is 0 Å². The Morgan fingerprint density at radius 3 is 0.280 bits per heavy atom. The standard InChI is InChI=1S/6C3H7O.Hf/c6*1-3(2)4;/h6*3H,1-2H3;/q6*-1;. The van der Waals surface area contributed by atoms with Crippen LogP contribution >= 0.6 is 0 Å². The van der Waals surface area contributed by atoms with E-state index in [9.17, 15) is 30.6 Å². The summed E-state index contributed by atoms with van der Waals surface area (Å²) < 4.78 is 0. The van der Waals surface area contributed by atoms with Crippen LogP contribution in [0, 0.1) is 0 Å². The molecule has 0 aliphatic carbocycles. The topological polar surface area (TPSA) is 138 Å². The van der Waals surface area contributed by atoms with Crippen LogP contribution in [0.2, 0.25) is 0 Å². The van der Waals surface area contributed by atoms with E-state index < -0.39 is 36.6 Å². The van der Waals surface area contributed by atoms with Crippen LogP contribution < -0.4 is 30.6 Å². The minimum atomic E-state index is -0.417. The van der Waals surface area contributed by atoms with Crippen molar-refractivity contribution in [2.75, 3.05) is 0 Å². The molecule has 0 atom stereocenters. The smallest absolute Gasteiger partial charge is 0 e. The maximum atomic E-state index is 9.53. The minimum absolute atomic E-state index is 0. The van der Waals surface area contributed by atoms with Crippen molar-refractivity contribution in [1.82, 2.24) is 0 Å². The maximum Gasteiger partial charge on any atom is 0 e. The van der Waals surface area contributed by atoms with Crippen LogP contribution in [0.5, 0.6) is 0 Å². The Hall–Kier alpha value is 0.630. The Kier molecular flexibility index (Phi) is 71.0. The molecule has 6 nitrogen and oxygen atoms in total. The molecule has 0 saturated carbocycles. The van der Waals surface area contributed by atoms with E-state index in [1.165, 1.54) is 0 Å². The van der Waals surface area contributed by atoms with E-state index in [2.05, 4.69) is 0 Å². The van der Waals surface area contributed by atoms with Gasteiger partial charge in [0.1, 0.15) is 0 Å². The molecule has 0 radical (unpaired) electrons. The molecule has 160 valence electrons. The fraction of sp³-hybridized carbons (Fsp3) is 1.00. The van der Waals surface area contributed by atoms with Crippen LogP contribution in [0.3, 0.4) is 0 Å². The molecule has 0 heterocycles. The minimum Gasteiger partial charge on any atom is -0.852 e. The first-order valence-electron chi connectivity index (χ1n) is 8.34. The quantitative estimate of drug-likeness (QED) is 0.349. The Morgan fingerprint density at radius 1 is 0.280 bits per heavy atom. The molecule has 0 aliphatic heterocycles. The molecule has 0 unspecified atom stereocenters. The van der Waals surface area contributed by atoms with E-state index in [0.717, 1.165) is 0 Å². The van der Waals surface area contributed by atoms with Crippen molar-refractivity contribution in [2.45, 2.75) is 120 Å². The van der Waals surface area contributed by atoms with Gasteiger partial charge in [-0.2, -0.15) is 0 Å². The van der Waals surface area contributed by atoms with Gasteiger partial charge in [0.15, 0.2) is 0 Å². The Balaban J connectivity index is -0.0000000309. The first-order valence-corrected chi connectivity index (χ1v) is 8.34. The van der Waals surface area contributed by atoms with Crippen molar-refractivity contribution in [3.05, 3.63) is 0 Å². The van der Waals surface area contributed by atoms with Gasteiger partial charge in [0.2, 0.25) is 0 Å². The van der Waals surface area contributed by atoms with E-state index in [1.54, 1.807) is 83.1 Å². The average molecular weight is 533 g/mol. The van der Waals surface area contributed by atoms with E-state index in [0.29, 0.717) is 0 Å². The van der Waals surface area contributed by atoms with Gasteiger partial charge in [-0.1, -0.05) is 83.1 Å². The summed E-state index contributed by atoms with van der Waals surface area (Å²) >= 11 is 0. The predicted molar refractivity (Wildman–Crippen MR) is 90.8 cm³/mol. The molecule has 0 fully saturated rings. The predicted octanol–water partition coefficient (Wildman–Crippen LogP) is -1.47. The molecule has 0 N–H and O–H groups in total. The molecule has 25 heavy (non-hydrogen) atoms. The average Bonchev–Trinajstić information content (AvgIpc) is 2.08. The van der Waals surface area contributed by atoms with Gasteiger partial charge < -0.3 is 30.6 Å². The van der Waals surface area contributed by atoms with Crippen molar-refractivity contribution >= 4 is 0 Å². The Bertz CT molecular complexity index is 101. The van der Waals surface area contributed by atoms with Gasteiger partial charge >= 0.3 is 0 Å². The van der Waals surface area contributed by atoms with Gasteiger partial charge in [-0.25, -0.2) is 0 Å². The Labute approximate surface area is 176 Å². The number of rotatable bonds is 0. The van der Waals surface area contributed by atoms with Crippen molar-refractivity contribution in [1.29, 1.82) is 0 Å². The van der Waals surface area contributed by atoms with E-state index in [4.69, 9.17) is 0 Å². The molecule has 0 rings (SSSR count). The van der Waals surface area contributed by atoms with Gasteiger partial charge in [-0.3, -0.25) is 0 Å². The second kappa shape index (κ2) is 39.6. The van der Waals surface area contributed by atoms with Gasteiger partial charge in [-0.15, -0.1) is 36.6 Å². The molecule has 0 spiro atoms. The van der Waals surface area contributed by atoms with Crippen LogP contribution in [0.1, 0.15) is 83.1 Å². The van der Waals surface area contributed by atoms with Gasteiger partial charge in [0, 0.05) is 25.8 Å². The molecule has 0 bridgehead atoms. The molecular formula is C18H42HfO6-6. The zero-order valence-corrected chi connectivity index (χ0v) is 22.0. The van der Waals surface area contributed by atoms with E-state index >= 15 is 0 Å². The number of hydrogen-bond donors (Lipinski definition) is 0. The van der Waals surface area contributed by atoms with Gasteiger partial charge in [0.25, 0.3) is 0 Å². The van der Waals surface area contributed by atoms with E-state index in [-0.39, 0.29) is 25.8 Å². The third-order valence-electron chi connectivity index (χ3n) is 0. The zero-order valence-electron chi connectivity index (χ0n) is 18.4. The molecule has 0 aromatic heterocycles. The molecule has 0 aliphatic rings. The first kappa shape index (κ1) is 44.8. The van der Waals surface area contributed by atoms with Crippen LogP contribution in [-0.4, -0.2) is 36.6 Å². The van der Waals surface area contributed by atoms with Crippen LogP contribution in [-0.2, 0) is 25.8 Å². The molecule has 0 aromatic carbocycles. The summed E-state index contributed by atoms with van der Waals surface area (Å²) in [6, 6.07) is 0. The monoisotopic (exact) mass is 534 g/mol. The van der Waals surface area contributed by atoms with Crippen LogP contribution in [0.4, 0.5) is 0 Å². The molecule has 0 saturated heterocycles. The largest absolute Gasteiger partial charge is 0.852 e. The summed E-state index contributed by atoms with van der Waals surface area (Å²) in [5, 5.41) is 57.2. The fourth-order valence-electron chi connectivity index (χ4n) is 0. The summed E-state index contributed by atoms with van der Waals surface area (Å²) in [6.45, 7) is 19.3. The summed E-state index contributed by atoms with van der Waals surface area (Å²) in [7, 11) is 0. The Morgan fingerprint density at radius 2 is 0.280 bits per heavy atom. The van der Waals surface area contributed by atoms with Crippen molar-refractivity contribution < 1.29 is 56.5 Å². The molecule has 7 heteroatoms. The van der Waals surface area contributed by atoms with Crippen molar-refractivity contribution in [3.63, 3.8) is 0 Å². The second-order valence-electron chi connectivity index (χ2n) is 6.29. The van der Waals surface area contributed by atoms with Crippen LogP contribution in [0.15, 0.2) is 0 Å². The third-order valence-corrected chi connectivity index (χ3v) is 0. The van der Waals surface area contributed by atoms with Crippen molar-refractivity contribution in [3.8, 4) is 0 Å².